The molecular formula is C14H16F3NO2. The lowest BCUT2D eigenvalue weighted by molar-refractivity contribution is -0.141. The van der Waals surface area contributed by atoms with Crippen molar-refractivity contribution in [3.8, 4) is 5.75 Å². The normalized spacial score (nSPS) is 28.9. The summed E-state index contributed by atoms with van der Waals surface area (Å²) in [6.07, 6.45) is -4.40. The van der Waals surface area contributed by atoms with Crippen molar-refractivity contribution in [2.45, 2.75) is 31.2 Å². The molecule has 2 aliphatic rings. The van der Waals surface area contributed by atoms with Crippen LogP contribution in [0.3, 0.4) is 0 Å². The molecule has 0 bridgehead atoms. The van der Waals surface area contributed by atoms with Crippen molar-refractivity contribution in [1.29, 1.82) is 0 Å². The van der Waals surface area contributed by atoms with Crippen molar-refractivity contribution in [3.05, 3.63) is 28.8 Å². The van der Waals surface area contributed by atoms with E-state index in [2.05, 4.69) is 5.32 Å². The van der Waals surface area contributed by atoms with E-state index in [1.165, 1.54) is 7.11 Å². The van der Waals surface area contributed by atoms with Gasteiger partial charge in [-0.15, -0.1) is 0 Å². The van der Waals surface area contributed by atoms with Crippen molar-refractivity contribution >= 4 is 0 Å². The van der Waals surface area contributed by atoms with E-state index in [9.17, 15) is 13.2 Å². The molecule has 1 aromatic rings. The summed E-state index contributed by atoms with van der Waals surface area (Å²) in [7, 11) is 1.38. The summed E-state index contributed by atoms with van der Waals surface area (Å²) in [6, 6.07) is 2.76. The molecule has 1 aromatic carbocycles. The highest BCUT2D eigenvalue weighted by atomic mass is 19.4. The number of hydrogen-bond acceptors (Lipinski definition) is 3. The quantitative estimate of drug-likeness (QED) is 0.861. The molecule has 1 N–H and O–H groups in total. The Hall–Kier alpha value is -1.27. The third kappa shape index (κ3) is 1.98. The first-order valence-corrected chi connectivity index (χ1v) is 6.48. The van der Waals surface area contributed by atoms with Gasteiger partial charge in [-0.1, -0.05) is 0 Å². The van der Waals surface area contributed by atoms with Crippen LogP contribution in [0.5, 0.6) is 5.75 Å². The number of rotatable bonds is 1. The van der Waals surface area contributed by atoms with E-state index in [-0.39, 0.29) is 23.8 Å². The van der Waals surface area contributed by atoms with Gasteiger partial charge in [-0.2, -0.15) is 13.2 Å². The minimum atomic E-state index is -4.40. The van der Waals surface area contributed by atoms with Gasteiger partial charge in [0.1, 0.15) is 5.75 Å². The Kier molecular flexibility index (Phi) is 2.99. The van der Waals surface area contributed by atoms with Crippen LogP contribution in [0.1, 0.15) is 29.5 Å². The maximum atomic E-state index is 13.2. The molecule has 20 heavy (non-hydrogen) atoms. The van der Waals surface area contributed by atoms with Gasteiger partial charge in [-0.25, -0.2) is 0 Å². The predicted molar refractivity (Wildman–Crippen MR) is 66.8 cm³/mol. The minimum Gasteiger partial charge on any atom is -0.497 e. The molecule has 0 aliphatic carbocycles. The van der Waals surface area contributed by atoms with Gasteiger partial charge in [0, 0.05) is 19.0 Å². The molecule has 0 aromatic heterocycles. The number of benzene rings is 1. The average molecular weight is 287 g/mol. The number of ether oxygens (including phenoxy) is 2. The fourth-order valence-electron chi connectivity index (χ4n) is 3.14. The first-order valence-electron chi connectivity index (χ1n) is 6.48. The lowest BCUT2D eigenvalue weighted by atomic mass is 9.80. The minimum absolute atomic E-state index is 0.0111. The Morgan fingerprint density at radius 3 is 2.80 bits per heavy atom. The zero-order valence-electron chi connectivity index (χ0n) is 11.3. The van der Waals surface area contributed by atoms with Gasteiger partial charge in [-0.05, 0) is 30.2 Å². The fourth-order valence-corrected chi connectivity index (χ4v) is 3.14. The monoisotopic (exact) mass is 287 g/mol. The van der Waals surface area contributed by atoms with Gasteiger partial charge in [0.2, 0.25) is 0 Å². The number of alkyl halides is 3. The molecule has 0 unspecified atom stereocenters. The fraction of sp³-hybridized carbons (Fsp3) is 0.571. The Morgan fingerprint density at radius 2 is 2.15 bits per heavy atom. The Labute approximate surface area is 115 Å². The molecule has 1 fully saturated rings. The highest BCUT2D eigenvalue weighted by Gasteiger charge is 2.47. The number of halogens is 3. The van der Waals surface area contributed by atoms with E-state index >= 15 is 0 Å². The summed E-state index contributed by atoms with van der Waals surface area (Å²) >= 11 is 0. The maximum Gasteiger partial charge on any atom is 0.416 e. The summed E-state index contributed by atoms with van der Waals surface area (Å²) in [5.41, 5.74) is -0.164. The van der Waals surface area contributed by atoms with Gasteiger partial charge >= 0.3 is 6.18 Å². The van der Waals surface area contributed by atoms with E-state index in [0.717, 1.165) is 6.07 Å². The lowest BCUT2D eigenvalue weighted by Gasteiger charge is -2.38. The van der Waals surface area contributed by atoms with E-state index in [1.54, 1.807) is 6.07 Å². The molecule has 2 heterocycles. The Balaban J connectivity index is 2.18. The van der Waals surface area contributed by atoms with Crippen molar-refractivity contribution < 1.29 is 22.6 Å². The smallest absolute Gasteiger partial charge is 0.416 e. The highest BCUT2D eigenvalue weighted by Crippen LogP contribution is 2.46. The van der Waals surface area contributed by atoms with Crippen molar-refractivity contribution in [3.63, 3.8) is 0 Å². The van der Waals surface area contributed by atoms with Gasteiger partial charge in [0.05, 0.1) is 24.9 Å². The summed E-state index contributed by atoms with van der Waals surface area (Å²) in [6.45, 7) is 3.19. The van der Waals surface area contributed by atoms with Gasteiger partial charge in [0.25, 0.3) is 0 Å². The zero-order chi connectivity index (χ0) is 14.5. The van der Waals surface area contributed by atoms with Crippen LogP contribution in [0.15, 0.2) is 12.1 Å². The van der Waals surface area contributed by atoms with Crippen LogP contribution in [-0.2, 0) is 17.5 Å². The molecule has 0 saturated carbocycles. The standard InChI is InChI=1S/C14H16F3NO2/c1-13-7-18-5-12(13)9-3-8(19-2)4-11(14(15,16)17)10(9)6-20-13/h3-4,12,18H,5-7H2,1-2H3/t12-,13-/m0/s1. The van der Waals surface area contributed by atoms with Crippen LogP contribution in [0, 0.1) is 0 Å². The van der Waals surface area contributed by atoms with E-state index < -0.39 is 17.3 Å². The second kappa shape index (κ2) is 4.36. The second-order valence-electron chi connectivity index (χ2n) is 5.53. The molecule has 3 rings (SSSR count). The topological polar surface area (TPSA) is 30.5 Å². The Morgan fingerprint density at radius 1 is 1.40 bits per heavy atom. The van der Waals surface area contributed by atoms with Crippen LogP contribution in [0.25, 0.3) is 0 Å². The first-order chi connectivity index (χ1) is 9.35. The lowest BCUT2D eigenvalue weighted by Crippen LogP contribution is -2.40. The zero-order valence-corrected chi connectivity index (χ0v) is 11.3. The largest absolute Gasteiger partial charge is 0.497 e. The van der Waals surface area contributed by atoms with Gasteiger partial charge in [0.15, 0.2) is 0 Å². The first kappa shape index (κ1) is 13.7. The summed E-state index contributed by atoms with van der Waals surface area (Å²) in [4.78, 5) is 0. The molecule has 0 spiro atoms. The van der Waals surface area contributed by atoms with Crippen LogP contribution >= 0.6 is 0 Å². The van der Waals surface area contributed by atoms with Crippen LogP contribution in [-0.4, -0.2) is 25.8 Å². The number of fused-ring (bicyclic) bond motifs is 3. The maximum absolute atomic E-state index is 13.2. The molecule has 110 valence electrons. The molecule has 0 amide bonds. The van der Waals surface area contributed by atoms with Crippen LogP contribution in [0.2, 0.25) is 0 Å². The van der Waals surface area contributed by atoms with E-state index in [0.29, 0.717) is 18.7 Å². The van der Waals surface area contributed by atoms with Gasteiger partial charge < -0.3 is 14.8 Å². The van der Waals surface area contributed by atoms with Gasteiger partial charge in [-0.3, -0.25) is 0 Å². The number of hydrogen-bond donors (Lipinski definition) is 1. The summed E-state index contributed by atoms with van der Waals surface area (Å²) in [5, 5.41) is 3.19. The SMILES string of the molecule is COc1cc2c(c(C(F)(F)F)c1)CO[C@@]1(C)CNC[C@@H]21. The third-order valence-corrected chi connectivity index (χ3v) is 4.28. The van der Waals surface area contributed by atoms with Crippen LogP contribution in [0.4, 0.5) is 13.2 Å². The van der Waals surface area contributed by atoms with E-state index in [4.69, 9.17) is 9.47 Å². The molecule has 0 radical (unpaired) electrons. The van der Waals surface area contributed by atoms with E-state index in [1.807, 2.05) is 6.92 Å². The highest BCUT2D eigenvalue weighted by molar-refractivity contribution is 5.48. The number of nitrogens with one attached hydrogen (secondary N) is 1. The molecule has 2 aliphatic heterocycles. The molecule has 1 saturated heterocycles. The average Bonchev–Trinajstić information content (AvgIpc) is 2.78. The summed E-state index contributed by atoms with van der Waals surface area (Å²) < 4.78 is 50.4. The molecule has 2 atom stereocenters. The Bertz CT molecular complexity index is 544. The van der Waals surface area contributed by atoms with Crippen molar-refractivity contribution in [1.82, 2.24) is 5.32 Å². The second-order valence-corrected chi connectivity index (χ2v) is 5.53. The van der Waals surface area contributed by atoms with Crippen molar-refractivity contribution in [2.24, 2.45) is 0 Å². The molecule has 3 nitrogen and oxygen atoms in total. The molecule has 6 heteroatoms. The van der Waals surface area contributed by atoms with Crippen LogP contribution < -0.4 is 10.1 Å². The number of methoxy groups -OCH3 is 1. The summed E-state index contributed by atoms with van der Waals surface area (Å²) in [5.74, 6) is 0.162. The van der Waals surface area contributed by atoms with Crippen molar-refractivity contribution in [2.75, 3.05) is 20.2 Å². The third-order valence-electron chi connectivity index (χ3n) is 4.28. The molecular weight excluding hydrogens is 271 g/mol. The predicted octanol–water partition coefficient (Wildman–Crippen LogP) is 2.69.